The number of aryl methyl sites for hydroxylation is 2. The molecule has 0 bridgehead atoms. The van der Waals surface area contributed by atoms with Crippen LogP contribution < -0.4 is 5.32 Å². The van der Waals surface area contributed by atoms with E-state index in [2.05, 4.69) is 5.32 Å². The zero-order valence-corrected chi connectivity index (χ0v) is 10.5. The molecule has 0 aliphatic heterocycles. The minimum atomic E-state index is -1.02. The second-order valence-corrected chi connectivity index (χ2v) is 4.02. The van der Waals surface area contributed by atoms with Gasteiger partial charge in [0.05, 0.1) is 6.61 Å². The van der Waals surface area contributed by atoms with Crippen molar-refractivity contribution >= 4 is 11.9 Å². The Morgan fingerprint density at radius 3 is 2.67 bits per heavy atom. The molecule has 0 atom stereocenters. The first kappa shape index (κ1) is 14.2. The molecule has 0 radical (unpaired) electrons. The third-order valence-corrected chi connectivity index (χ3v) is 2.38. The summed E-state index contributed by atoms with van der Waals surface area (Å²) in [6.07, 6.45) is 0. The molecule has 0 aromatic heterocycles. The lowest BCUT2D eigenvalue weighted by Crippen LogP contribution is -2.28. The first-order chi connectivity index (χ1) is 8.50. The standard InChI is InChI=1S/C13H17NO4/c1-9-3-4-11(10(2)7-9)13(17)14-5-6-18-8-12(15)16/h3-4,7H,5-6,8H2,1-2H3,(H,14,17)(H,15,16). The van der Waals surface area contributed by atoms with Gasteiger partial charge in [-0.2, -0.15) is 0 Å². The Balaban J connectivity index is 2.39. The van der Waals surface area contributed by atoms with Crippen LogP contribution in [0.4, 0.5) is 0 Å². The first-order valence-corrected chi connectivity index (χ1v) is 5.65. The lowest BCUT2D eigenvalue weighted by atomic mass is 10.1. The highest BCUT2D eigenvalue weighted by Gasteiger charge is 2.08. The molecule has 0 saturated heterocycles. The summed E-state index contributed by atoms with van der Waals surface area (Å²) >= 11 is 0. The van der Waals surface area contributed by atoms with E-state index < -0.39 is 5.97 Å². The Hall–Kier alpha value is -1.88. The minimum absolute atomic E-state index is 0.175. The van der Waals surface area contributed by atoms with Crippen LogP contribution in [0.15, 0.2) is 18.2 Å². The number of benzene rings is 1. The van der Waals surface area contributed by atoms with E-state index in [4.69, 9.17) is 9.84 Å². The lowest BCUT2D eigenvalue weighted by molar-refractivity contribution is -0.142. The van der Waals surface area contributed by atoms with Gasteiger partial charge < -0.3 is 15.2 Å². The molecule has 1 aromatic carbocycles. The summed E-state index contributed by atoms with van der Waals surface area (Å²) in [5, 5.41) is 11.0. The van der Waals surface area contributed by atoms with Crippen molar-refractivity contribution in [3.63, 3.8) is 0 Å². The topological polar surface area (TPSA) is 75.6 Å². The molecular weight excluding hydrogens is 234 g/mol. The molecule has 0 unspecified atom stereocenters. The maximum absolute atomic E-state index is 11.8. The van der Waals surface area contributed by atoms with Crippen molar-refractivity contribution in [1.82, 2.24) is 5.32 Å². The third-order valence-electron chi connectivity index (χ3n) is 2.38. The lowest BCUT2D eigenvalue weighted by Gasteiger charge is -2.08. The minimum Gasteiger partial charge on any atom is -0.480 e. The SMILES string of the molecule is Cc1ccc(C(=O)NCCOCC(=O)O)c(C)c1. The maximum atomic E-state index is 11.8. The number of hydrogen-bond donors (Lipinski definition) is 2. The van der Waals surface area contributed by atoms with E-state index in [0.29, 0.717) is 12.1 Å². The van der Waals surface area contributed by atoms with Gasteiger partial charge in [0.1, 0.15) is 6.61 Å². The average molecular weight is 251 g/mol. The molecule has 5 heteroatoms. The molecule has 18 heavy (non-hydrogen) atoms. The number of ether oxygens (including phenoxy) is 1. The van der Waals surface area contributed by atoms with Crippen molar-refractivity contribution in [2.24, 2.45) is 0 Å². The van der Waals surface area contributed by atoms with E-state index >= 15 is 0 Å². The highest BCUT2D eigenvalue weighted by Crippen LogP contribution is 2.09. The second-order valence-electron chi connectivity index (χ2n) is 4.02. The van der Waals surface area contributed by atoms with Gasteiger partial charge in [0.2, 0.25) is 0 Å². The summed E-state index contributed by atoms with van der Waals surface area (Å²) < 4.78 is 4.82. The third kappa shape index (κ3) is 4.55. The van der Waals surface area contributed by atoms with Crippen molar-refractivity contribution in [3.8, 4) is 0 Å². The van der Waals surface area contributed by atoms with Crippen molar-refractivity contribution < 1.29 is 19.4 Å². The summed E-state index contributed by atoms with van der Waals surface area (Å²) in [5.41, 5.74) is 2.65. The van der Waals surface area contributed by atoms with Crippen LogP contribution in [0.25, 0.3) is 0 Å². The Morgan fingerprint density at radius 1 is 1.33 bits per heavy atom. The highest BCUT2D eigenvalue weighted by atomic mass is 16.5. The Bertz CT molecular complexity index is 443. The van der Waals surface area contributed by atoms with Gasteiger partial charge in [0.15, 0.2) is 0 Å². The Labute approximate surface area is 106 Å². The zero-order valence-electron chi connectivity index (χ0n) is 10.5. The molecule has 5 nitrogen and oxygen atoms in total. The van der Waals surface area contributed by atoms with Crippen LogP contribution in [-0.2, 0) is 9.53 Å². The molecule has 0 aliphatic carbocycles. The van der Waals surface area contributed by atoms with E-state index in [9.17, 15) is 9.59 Å². The van der Waals surface area contributed by atoms with E-state index in [0.717, 1.165) is 11.1 Å². The second kappa shape index (κ2) is 6.76. The molecule has 0 aliphatic rings. The van der Waals surface area contributed by atoms with E-state index in [1.165, 1.54) is 0 Å². The number of carbonyl (C=O) groups is 2. The van der Waals surface area contributed by atoms with Crippen LogP contribution in [0.3, 0.4) is 0 Å². The maximum Gasteiger partial charge on any atom is 0.329 e. The Morgan fingerprint density at radius 2 is 2.06 bits per heavy atom. The molecule has 1 rings (SSSR count). The number of aliphatic carboxylic acids is 1. The fraction of sp³-hybridized carbons (Fsp3) is 0.385. The fourth-order valence-electron chi connectivity index (χ4n) is 1.56. The number of amides is 1. The molecular formula is C13H17NO4. The summed E-state index contributed by atoms with van der Waals surface area (Å²) in [5.74, 6) is -1.19. The number of nitrogens with one attached hydrogen (secondary N) is 1. The molecule has 98 valence electrons. The van der Waals surface area contributed by atoms with Gasteiger partial charge in [-0.15, -0.1) is 0 Å². The average Bonchev–Trinajstić information content (AvgIpc) is 2.27. The van der Waals surface area contributed by atoms with Crippen molar-refractivity contribution in [3.05, 3.63) is 34.9 Å². The van der Waals surface area contributed by atoms with Crippen molar-refractivity contribution in [1.29, 1.82) is 0 Å². The summed E-state index contributed by atoms with van der Waals surface area (Å²) in [6.45, 7) is 3.97. The number of carbonyl (C=O) groups excluding carboxylic acids is 1. The van der Waals surface area contributed by atoms with Crippen LogP contribution >= 0.6 is 0 Å². The predicted molar refractivity (Wildman–Crippen MR) is 66.7 cm³/mol. The molecule has 2 N–H and O–H groups in total. The van der Waals surface area contributed by atoms with Crippen LogP contribution in [0.2, 0.25) is 0 Å². The van der Waals surface area contributed by atoms with Gasteiger partial charge in [-0.1, -0.05) is 17.7 Å². The quantitative estimate of drug-likeness (QED) is 0.743. The summed E-state index contributed by atoms with van der Waals surface area (Å²) in [7, 11) is 0. The van der Waals surface area contributed by atoms with E-state index in [1.54, 1.807) is 6.07 Å². The molecule has 0 fully saturated rings. The zero-order chi connectivity index (χ0) is 13.5. The van der Waals surface area contributed by atoms with Gasteiger partial charge in [0, 0.05) is 12.1 Å². The van der Waals surface area contributed by atoms with Gasteiger partial charge >= 0.3 is 5.97 Å². The first-order valence-electron chi connectivity index (χ1n) is 5.65. The van der Waals surface area contributed by atoms with Crippen molar-refractivity contribution in [2.75, 3.05) is 19.8 Å². The number of hydrogen-bond acceptors (Lipinski definition) is 3. The van der Waals surface area contributed by atoms with Crippen LogP contribution in [0, 0.1) is 13.8 Å². The normalized spacial score (nSPS) is 10.1. The fourth-order valence-corrected chi connectivity index (χ4v) is 1.56. The van der Waals surface area contributed by atoms with Gasteiger partial charge in [0.25, 0.3) is 5.91 Å². The molecule has 1 amide bonds. The Kier molecular flexibility index (Phi) is 5.32. The summed E-state index contributed by atoms with van der Waals surface area (Å²) in [4.78, 5) is 22.0. The van der Waals surface area contributed by atoms with Gasteiger partial charge in [-0.3, -0.25) is 4.79 Å². The van der Waals surface area contributed by atoms with Crippen LogP contribution in [-0.4, -0.2) is 36.7 Å². The molecule has 0 spiro atoms. The molecule has 0 heterocycles. The van der Waals surface area contributed by atoms with Crippen LogP contribution in [0.5, 0.6) is 0 Å². The highest BCUT2D eigenvalue weighted by molar-refractivity contribution is 5.95. The smallest absolute Gasteiger partial charge is 0.329 e. The molecule has 1 aromatic rings. The van der Waals surface area contributed by atoms with Gasteiger partial charge in [-0.05, 0) is 25.5 Å². The largest absolute Gasteiger partial charge is 0.480 e. The predicted octanol–water partition coefficient (Wildman–Crippen LogP) is 1.13. The number of rotatable bonds is 6. The van der Waals surface area contributed by atoms with Crippen molar-refractivity contribution in [2.45, 2.75) is 13.8 Å². The summed E-state index contributed by atoms with van der Waals surface area (Å²) in [6, 6.07) is 5.59. The molecule has 0 saturated carbocycles. The van der Waals surface area contributed by atoms with Crippen LogP contribution in [0.1, 0.15) is 21.5 Å². The van der Waals surface area contributed by atoms with E-state index in [1.807, 2.05) is 26.0 Å². The number of carboxylic acid groups (broad SMARTS) is 1. The van der Waals surface area contributed by atoms with Gasteiger partial charge in [-0.25, -0.2) is 4.79 Å². The monoisotopic (exact) mass is 251 g/mol. The van der Waals surface area contributed by atoms with E-state index in [-0.39, 0.29) is 19.1 Å². The number of carboxylic acids is 1.